The monoisotopic (exact) mass is 199 g/mol. The molecular formula is C13H13NO. The van der Waals surface area contributed by atoms with Crippen LogP contribution < -0.4 is 0 Å². The van der Waals surface area contributed by atoms with Gasteiger partial charge in [-0.2, -0.15) is 0 Å². The molecule has 1 heterocycles. The molecule has 0 unspecified atom stereocenters. The van der Waals surface area contributed by atoms with Crippen molar-refractivity contribution in [2.45, 2.75) is 6.42 Å². The largest absolute Gasteiger partial charge is 0.396 e. The van der Waals surface area contributed by atoms with Crippen molar-refractivity contribution in [3.8, 4) is 11.3 Å². The SMILES string of the molecule is OCCc1ccccc1-c1ccccn1. The van der Waals surface area contributed by atoms with E-state index in [0.717, 1.165) is 16.8 Å². The Balaban J connectivity index is 2.43. The van der Waals surface area contributed by atoms with Gasteiger partial charge in [-0.05, 0) is 24.1 Å². The molecule has 0 aliphatic rings. The Morgan fingerprint density at radius 3 is 2.53 bits per heavy atom. The van der Waals surface area contributed by atoms with Crippen molar-refractivity contribution in [1.29, 1.82) is 0 Å². The molecule has 0 aliphatic carbocycles. The van der Waals surface area contributed by atoms with Crippen molar-refractivity contribution < 1.29 is 5.11 Å². The second-order valence-electron chi connectivity index (χ2n) is 3.35. The Morgan fingerprint density at radius 1 is 1.00 bits per heavy atom. The van der Waals surface area contributed by atoms with Crippen LogP contribution in [0.1, 0.15) is 5.56 Å². The van der Waals surface area contributed by atoms with Crippen LogP contribution in [0.5, 0.6) is 0 Å². The summed E-state index contributed by atoms with van der Waals surface area (Å²) in [6, 6.07) is 13.9. The van der Waals surface area contributed by atoms with Crippen LogP contribution in [-0.2, 0) is 6.42 Å². The molecule has 0 radical (unpaired) electrons. The topological polar surface area (TPSA) is 33.1 Å². The summed E-state index contributed by atoms with van der Waals surface area (Å²) < 4.78 is 0. The van der Waals surface area contributed by atoms with Gasteiger partial charge in [-0.25, -0.2) is 0 Å². The molecule has 15 heavy (non-hydrogen) atoms. The minimum absolute atomic E-state index is 0.170. The molecule has 0 amide bonds. The lowest BCUT2D eigenvalue weighted by Crippen LogP contribution is -1.94. The molecule has 0 spiro atoms. The molecule has 1 aromatic carbocycles. The number of hydrogen-bond acceptors (Lipinski definition) is 2. The fourth-order valence-electron chi connectivity index (χ4n) is 1.63. The summed E-state index contributed by atoms with van der Waals surface area (Å²) in [5.41, 5.74) is 3.20. The molecular weight excluding hydrogens is 186 g/mol. The van der Waals surface area contributed by atoms with Crippen molar-refractivity contribution in [2.75, 3.05) is 6.61 Å². The Kier molecular flexibility index (Phi) is 3.10. The highest BCUT2D eigenvalue weighted by Gasteiger charge is 2.03. The van der Waals surface area contributed by atoms with Crippen LogP contribution in [0, 0.1) is 0 Å². The Bertz CT molecular complexity index is 426. The molecule has 2 aromatic rings. The van der Waals surface area contributed by atoms with Crippen molar-refractivity contribution >= 4 is 0 Å². The summed E-state index contributed by atoms with van der Waals surface area (Å²) in [6.07, 6.45) is 2.46. The number of pyridine rings is 1. The van der Waals surface area contributed by atoms with Gasteiger partial charge in [-0.1, -0.05) is 30.3 Å². The van der Waals surface area contributed by atoms with Crippen molar-refractivity contribution in [3.63, 3.8) is 0 Å². The number of aliphatic hydroxyl groups excluding tert-OH is 1. The van der Waals surface area contributed by atoms with E-state index in [1.807, 2.05) is 42.5 Å². The molecule has 0 saturated carbocycles. The van der Waals surface area contributed by atoms with Crippen molar-refractivity contribution in [2.24, 2.45) is 0 Å². The molecule has 2 nitrogen and oxygen atoms in total. The second kappa shape index (κ2) is 4.71. The smallest absolute Gasteiger partial charge is 0.0704 e. The third-order valence-electron chi connectivity index (χ3n) is 2.34. The van der Waals surface area contributed by atoms with Crippen LogP contribution in [0.15, 0.2) is 48.7 Å². The predicted octanol–water partition coefficient (Wildman–Crippen LogP) is 2.28. The van der Waals surface area contributed by atoms with Crippen LogP contribution in [0.2, 0.25) is 0 Å². The molecule has 0 fully saturated rings. The number of benzene rings is 1. The van der Waals surface area contributed by atoms with Crippen molar-refractivity contribution in [3.05, 3.63) is 54.2 Å². The highest BCUT2D eigenvalue weighted by Crippen LogP contribution is 2.21. The van der Waals surface area contributed by atoms with E-state index < -0.39 is 0 Å². The van der Waals surface area contributed by atoms with E-state index in [1.165, 1.54) is 0 Å². The number of hydrogen-bond donors (Lipinski definition) is 1. The maximum Gasteiger partial charge on any atom is 0.0704 e. The normalized spacial score (nSPS) is 10.2. The van der Waals surface area contributed by atoms with Gasteiger partial charge in [0.2, 0.25) is 0 Å². The van der Waals surface area contributed by atoms with Crippen molar-refractivity contribution in [1.82, 2.24) is 4.98 Å². The lowest BCUT2D eigenvalue weighted by atomic mass is 10.0. The van der Waals surface area contributed by atoms with Gasteiger partial charge in [0.05, 0.1) is 5.69 Å². The van der Waals surface area contributed by atoms with Gasteiger partial charge >= 0.3 is 0 Å². The summed E-state index contributed by atoms with van der Waals surface area (Å²) in [4.78, 5) is 4.31. The number of aromatic nitrogens is 1. The first-order chi connectivity index (χ1) is 7.42. The van der Waals surface area contributed by atoms with Gasteiger partial charge in [0.1, 0.15) is 0 Å². The molecule has 76 valence electrons. The first kappa shape index (κ1) is 9.87. The predicted molar refractivity (Wildman–Crippen MR) is 60.5 cm³/mol. The third kappa shape index (κ3) is 2.22. The van der Waals surface area contributed by atoms with E-state index in [0.29, 0.717) is 6.42 Å². The van der Waals surface area contributed by atoms with Crippen LogP contribution in [0.3, 0.4) is 0 Å². The minimum atomic E-state index is 0.170. The van der Waals surface area contributed by atoms with Crippen LogP contribution >= 0.6 is 0 Å². The number of rotatable bonds is 3. The maximum atomic E-state index is 8.97. The zero-order chi connectivity index (χ0) is 10.5. The average molecular weight is 199 g/mol. The van der Waals surface area contributed by atoms with Gasteiger partial charge in [0, 0.05) is 18.4 Å². The molecule has 0 atom stereocenters. The summed E-state index contributed by atoms with van der Waals surface area (Å²) in [5.74, 6) is 0. The van der Waals surface area contributed by atoms with Gasteiger partial charge in [0.25, 0.3) is 0 Å². The van der Waals surface area contributed by atoms with Gasteiger partial charge in [0.15, 0.2) is 0 Å². The summed E-state index contributed by atoms with van der Waals surface area (Å²) in [7, 11) is 0. The molecule has 2 rings (SSSR count). The van der Waals surface area contributed by atoms with Gasteiger partial charge in [-0.15, -0.1) is 0 Å². The molecule has 1 N–H and O–H groups in total. The zero-order valence-corrected chi connectivity index (χ0v) is 8.43. The average Bonchev–Trinajstić information content (AvgIpc) is 2.31. The highest BCUT2D eigenvalue weighted by molar-refractivity contribution is 5.63. The fourth-order valence-corrected chi connectivity index (χ4v) is 1.63. The van der Waals surface area contributed by atoms with Gasteiger partial charge in [-0.3, -0.25) is 4.98 Å². The molecule has 0 saturated heterocycles. The number of aliphatic hydroxyl groups is 1. The highest BCUT2D eigenvalue weighted by atomic mass is 16.2. The maximum absolute atomic E-state index is 8.97. The molecule has 1 aromatic heterocycles. The van der Waals surface area contributed by atoms with Gasteiger partial charge < -0.3 is 5.11 Å². The second-order valence-corrected chi connectivity index (χ2v) is 3.35. The first-order valence-electron chi connectivity index (χ1n) is 5.02. The molecule has 0 bridgehead atoms. The van der Waals surface area contributed by atoms with E-state index in [9.17, 15) is 0 Å². The quantitative estimate of drug-likeness (QED) is 0.822. The lowest BCUT2D eigenvalue weighted by Gasteiger charge is -2.06. The van der Waals surface area contributed by atoms with Crippen LogP contribution in [-0.4, -0.2) is 16.7 Å². The van der Waals surface area contributed by atoms with E-state index in [-0.39, 0.29) is 6.61 Å². The summed E-state index contributed by atoms with van der Waals surface area (Å²) >= 11 is 0. The third-order valence-corrected chi connectivity index (χ3v) is 2.34. The first-order valence-corrected chi connectivity index (χ1v) is 5.02. The molecule has 2 heteroatoms. The lowest BCUT2D eigenvalue weighted by molar-refractivity contribution is 0.300. The van der Waals surface area contributed by atoms with E-state index in [2.05, 4.69) is 4.98 Å². The Labute approximate surface area is 89.2 Å². The van der Waals surface area contributed by atoms with Crippen LogP contribution in [0.4, 0.5) is 0 Å². The van der Waals surface area contributed by atoms with Crippen LogP contribution in [0.25, 0.3) is 11.3 Å². The minimum Gasteiger partial charge on any atom is -0.396 e. The van der Waals surface area contributed by atoms with E-state index in [1.54, 1.807) is 6.20 Å². The van der Waals surface area contributed by atoms with E-state index >= 15 is 0 Å². The standard InChI is InChI=1S/C13H13NO/c15-10-8-11-5-1-2-6-12(11)13-7-3-4-9-14-13/h1-7,9,15H,8,10H2. The summed E-state index contributed by atoms with van der Waals surface area (Å²) in [5, 5.41) is 8.97. The van der Waals surface area contributed by atoms with E-state index in [4.69, 9.17) is 5.11 Å². The fraction of sp³-hybridized carbons (Fsp3) is 0.154. The Morgan fingerprint density at radius 2 is 1.80 bits per heavy atom. The molecule has 0 aliphatic heterocycles. The zero-order valence-electron chi connectivity index (χ0n) is 8.43. The number of nitrogens with zero attached hydrogens (tertiary/aromatic N) is 1. The summed E-state index contributed by atoms with van der Waals surface area (Å²) in [6.45, 7) is 0.170. The Hall–Kier alpha value is -1.67.